The summed E-state index contributed by atoms with van der Waals surface area (Å²) in [6, 6.07) is 1.96. The number of hydrogen-bond donors (Lipinski definition) is 0. The third-order valence-corrected chi connectivity index (χ3v) is 2.21. The molecule has 0 amide bonds. The Bertz CT molecular complexity index is 364. The van der Waals surface area contributed by atoms with Crippen LogP contribution in [0.15, 0.2) is 52.9 Å². The molecule has 0 saturated carbocycles. The summed E-state index contributed by atoms with van der Waals surface area (Å²) < 4.78 is 5.05. The second kappa shape index (κ2) is 4.66. The van der Waals surface area contributed by atoms with E-state index in [1.807, 2.05) is 19.9 Å². The van der Waals surface area contributed by atoms with Crippen molar-refractivity contribution in [3.8, 4) is 0 Å². The zero-order chi connectivity index (χ0) is 10.6. The molecule has 0 aliphatic heterocycles. The van der Waals surface area contributed by atoms with E-state index < -0.39 is 0 Å². The molecule has 0 spiro atoms. The first-order valence-electron chi connectivity index (χ1n) is 4.68. The lowest BCUT2D eigenvalue weighted by Crippen LogP contribution is -1.81. The van der Waals surface area contributed by atoms with Gasteiger partial charge in [-0.1, -0.05) is 24.3 Å². The van der Waals surface area contributed by atoms with Gasteiger partial charge in [-0.3, -0.25) is 0 Å². The van der Waals surface area contributed by atoms with Crippen LogP contribution in [0.2, 0.25) is 0 Å². The molecule has 0 atom stereocenters. The van der Waals surface area contributed by atoms with Gasteiger partial charge in [-0.05, 0) is 38.0 Å². The van der Waals surface area contributed by atoms with Gasteiger partial charge in [0.1, 0.15) is 0 Å². The van der Waals surface area contributed by atoms with E-state index in [4.69, 9.17) is 4.42 Å². The van der Waals surface area contributed by atoms with Crippen molar-refractivity contribution in [3.05, 3.63) is 54.0 Å². The molecule has 1 nitrogen and oxygen atoms in total. The molecular weight excluding hydrogens is 172 g/mol. The molecule has 74 valence electrons. The normalized spacial score (nSPS) is 13.1. The van der Waals surface area contributed by atoms with Gasteiger partial charge in [-0.15, -0.1) is 0 Å². The van der Waals surface area contributed by atoms with Crippen molar-refractivity contribution in [2.75, 3.05) is 0 Å². The molecule has 1 heteroatoms. The molecule has 0 N–H and O–H groups in total. The smallest absolute Gasteiger partial charge is 0.0980 e. The van der Waals surface area contributed by atoms with Crippen LogP contribution in [0.25, 0.3) is 5.57 Å². The fraction of sp³-hybridized carbons (Fsp3) is 0.231. The Morgan fingerprint density at radius 1 is 1.43 bits per heavy atom. The van der Waals surface area contributed by atoms with E-state index in [0.29, 0.717) is 0 Å². The van der Waals surface area contributed by atoms with Crippen LogP contribution in [-0.4, -0.2) is 0 Å². The first-order chi connectivity index (χ1) is 6.65. The molecule has 0 fully saturated rings. The quantitative estimate of drug-likeness (QED) is 0.648. The molecule has 1 heterocycles. The van der Waals surface area contributed by atoms with Gasteiger partial charge in [-0.25, -0.2) is 0 Å². The predicted octanol–water partition coefficient (Wildman–Crippen LogP) is 4.21. The Labute approximate surface area is 85.4 Å². The Morgan fingerprint density at radius 2 is 2.14 bits per heavy atom. The van der Waals surface area contributed by atoms with Crippen molar-refractivity contribution in [1.29, 1.82) is 0 Å². The first-order valence-corrected chi connectivity index (χ1v) is 4.68. The summed E-state index contributed by atoms with van der Waals surface area (Å²) in [5, 5.41) is 0. The van der Waals surface area contributed by atoms with Gasteiger partial charge in [0.05, 0.1) is 12.5 Å². The van der Waals surface area contributed by atoms with E-state index in [1.54, 1.807) is 12.5 Å². The molecule has 0 aromatic carbocycles. The predicted molar refractivity (Wildman–Crippen MR) is 60.9 cm³/mol. The SMILES string of the molecule is C=C(C)/C(C)=C\C(=C/C)c1ccoc1. The summed E-state index contributed by atoms with van der Waals surface area (Å²) in [5.41, 5.74) is 4.56. The molecular formula is C13H16O. The van der Waals surface area contributed by atoms with E-state index in [9.17, 15) is 0 Å². The third kappa shape index (κ3) is 2.49. The first kappa shape index (κ1) is 10.6. The van der Waals surface area contributed by atoms with Gasteiger partial charge in [0.25, 0.3) is 0 Å². The van der Waals surface area contributed by atoms with Crippen molar-refractivity contribution >= 4 is 5.57 Å². The lowest BCUT2D eigenvalue weighted by Gasteiger charge is -2.01. The van der Waals surface area contributed by atoms with Gasteiger partial charge in [0, 0.05) is 5.56 Å². The lowest BCUT2D eigenvalue weighted by atomic mass is 10.0. The van der Waals surface area contributed by atoms with Gasteiger partial charge in [-0.2, -0.15) is 0 Å². The van der Waals surface area contributed by atoms with E-state index in [2.05, 4.69) is 25.7 Å². The summed E-state index contributed by atoms with van der Waals surface area (Å²) >= 11 is 0. The molecule has 0 aliphatic carbocycles. The van der Waals surface area contributed by atoms with Crippen molar-refractivity contribution in [2.24, 2.45) is 0 Å². The lowest BCUT2D eigenvalue weighted by molar-refractivity contribution is 0.566. The van der Waals surface area contributed by atoms with Gasteiger partial charge in [0.2, 0.25) is 0 Å². The van der Waals surface area contributed by atoms with Crippen LogP contribution in [0, 0.1) is 0 Å². The minimum absolute atomic E-state index is 1.09. The van der Waals surface area contributed by atoms with E-state index >= 15 is 0 Å². The number of hydrogen-bond acceptors (Lipinski definition) is 1. The molecule has 14 heavy (non-hydrogen) atoms. The highest BCUT2D eigenvalue weighted by Crippen LogP contribution is 2.19. The van der Waals surface area contributed by atoms with Gasteiger partial charge < -0.3 is 4.42 Å². The maximum absolute atomic E-state index is 5.05. The molecule has 1 aromatic heterocycles. The Kier molecular flexibility index (Phi) is 3.52. The summed E-state index contributed by atoms with van der Waals surface area (Å²) in [4.78, 5) is 0. The van der Waals surface area contributed by atoms with Crippen molar-refractivity contribution in [1.82, 2.24) is 0 Å². The molecule has 0 radical (unpaired) electrons. The molecule has 0 aliphatic rings. The monoisotopic (exact) mass is 188 g/mol. The molecule has 1 aromatic rings. The van der Waals surface area contributed by atoms with Crippen LogP contribution in [0.4, 0.5) is 0 Å². The second-order valence-corrected chi connectivity index (χ2v) is 3.36. The fourth-order valence-corrected chi connectivity index (χ4v) is 1.12. The number of allylic oxidation sites excluding steroid dienone is 5. The Balaban J connectivity index is 2.97. The van der Waals surface area contributed by atoms with Crippen LogP contribution >= 0.6 is 0 Å². The topological polar surface area (TPSA) is 13.1 Å². The minimum Gasteiger partial charge on any atom is -0.472 e. The summed E-state index contributed by atoms with van der Waals surface area (Å²) in [6.45, 7) is 9.99. The zero-order valence-electron chi connectivity index (χ0n) is 9.00. The van der Waals surface area contributed by atoms with Crippen LogP contribution < -0.4 is 0 Å². The standard InChI is InChI=1S/C13H16O/c1-5-12(8-11(4)10(2)3)13-6-7-14-9-13/h5-9H,2H2,1,3-4H3/b11-8-,12-5+. The summed E-state index contributed by atoms with van der Waals surface area (Å²) in [5.74, 6) is 0. The van der Waals surface area contributed by atoms with Gasteiger partial charge >= 0.3 is 0 Å². The van der Waals surface area contributed by atoms with Crippen molar-refractivity contribution < 1.29 is 4.42 Å². The average molecular weight is 188 g/mol. The highest BCUT2D eigenvalue weighted by atomic mass is 16.3. The van der Waals surface area contributed by atoms with Crippen molar-refractivity contribution in [2.45, 2.75) is 20.8 Å². The average Bonchev–Trinajstić information content (AvgIpc) is 2.66. The summed E-state index contributed by atoms with van der Waals surface area (Å²) in [7, 11) is 0. The minimum atomic E-state index is 1.09. The van der Waals surface area contributed by atoms with E-state index in [-0.39, 0.29) is 0 Å². The molecule has 0 unspecified atom stereocenters. The second-order valence-electron chi connectivity index (χ2n) is 3.36. The number of furan rings is 1. The maximum atomic E-state index is 5.05. The Hall–Kier alpha value is -1.50. The van der Waals surface area contributed by atoms with Crippen molar-refractivity contribution in [3.63, 3.8) is 0 Å². The largest absolute Gasteiger partial charge is 0.472 e. The fourth-order valence-electron chi connectivity index (χ4n) is 1.12. The molecule has 0 saturated heterocycles. The van der Waals surface area contributed by atoms with Crippen LogP contribution in [0.1, 0.15) is 26.3 Å². The highest BCUT2D eigenvalue weighted by Gasteiger charge is 1.99. The highest BCUT2D eigenvalue weighted by molar-refractivity contribution is 5.74. The maximum Gasteiger partial charge on any atom is 0.0980 e. The van der Waals surface area contributed by atoms with Gasteiger partial charge in [0.15, 0.2) is 0 Å². The van der Waals surface area contributed by atoms with Crippen LogP contribution in [0.5, 0.6) is 0 Å². The van der Waals surface area contributed by atoms with Crippen LogP contribution in [0.3, 0.4) is 0 Å². The third-order valence-electron chi connectivity index (χ3n) is 2.21. The Morgan fingerprint density at radius 3 is 2.57 bits per heavy atom. The number of rotatable bonds is 3. The summed E-state index contributed by atoms with van der Waals surface area (Å²) in [6.07, 6.45) is 7.62. The van der Waals surface area contributed by atoms with Crippen LogP contribution in [-0.2, 0) is 0 Å². The van der Waals surface area contributed by atoms with E-state index in [1.165, 1.54) is 11.1 Å². The zero-order valence-corrected chi connectivity index (χ0v) is 9.00. The van der Waals surface area contributed by atoms with E-state index in [0.717, 1.165) is 11.1 Å². The molecule has 1 rings (SSSR count). The molecule has 0 bridgehead atoms.